The van der Waals surface area contributed by atoms with Gasteiger partial charge >= 0.3 is 0 Å². The van der Waals surface area contributed by atoms with Crippen molar-refractivity contribution in [3.05, 3.63) is 59.4 Å². The molecule has 0 aliphatic carbocycles. The van der Waals surface area contributed by atoms with Crippen LogP contribution in [0.5, 0.6) is 0 Å². The van der Waals surface area contributed by atoms with E-state index in [9.17, 15) is 4.79 Å². The number of nitrogens with one attached hydrogen (secondary N) is 1. The van der Waals surface area contributed by atoms with E-state index >= 15 is 0 Å². The third-order valence-electron chi connectivity index (χ3n) is 3.59. The maximum absolute atomic E-state index is 12.1. The van der Waals surface area contributed by atoms with Gasteiger partial charge in [0.15, 0.2) is 10.8 Å². The number of carbonyl (C=O) groups is 1. The Hall–Kier alpha value is -2.80. The number of anilines is 1. The van der Waals surface area contributed by atoms with E-state index in [4.69, 9.17) is 0 Å². The van der Waals surface area contributed by atoms with Crippen LogP contribution in [0.2, 0.25) is 0 Å². The fourth-order valence-corrected chi connectivity index (χ4v) is 3.01. The SMILES string of the molecule is CN(C)c1ccc(CC(=O)NCc2csc(-c3ncccn3)n2)cc1. The van der Waals surface area contributed by atoms with E-state index in [0.717, 1.165) is 22.0 Å². The maximum Gasteiger partial charge on any atom is 0.224 e. The summed E-state index contributed by atoms with van der Waals surface area (Å²) in [5, 5.41) is 5.57. The van der Waals surface area contributed by atoms with Crippen molar-refractivity contribution in [3.63, 3.8) is 0 Å². The summed E-state index contributed by atoms with van der Waals surface area (Å²) in [6.45, 7) is 0.401. The number of hydrogen-bond donors (Lipinski definition) is 1. The molecule has 128 valence electrons. The van der Waals surface area contributed by atoms with E-state index in [2.05, 4.69) is 20.3 Å². The van der Waals surface area contributed by atoms with Crippen LogP contribution < -0.4 is 10.2 Å². The average Bonchev–Trinajstić information content (AvgIpc) is 3.10. The summed E-state index contributed by atoms with van der Waals surface area (Å²) >= 11 is 1.47. The molecule has 1 N–H and O–H groups in total. The van der Waals surface area contributed by atoms with Gasteiger partial charge in [-0.25, -0.2) is 15.0 Å². The second kappa shape index (κ2) is 7.85. The second-order valence-electron chi connectivity index (χ2n) is 5.73. The van der Waals surface area contributed by atoms with Crippen LogP contribution in [0, 0.1) is 0 Å². The minimum atomic E-state index is -0.0249. The van der Waals surface area contributed by atoms with Crippen LogP contribution in [-0.2, 0) is 17.8 Å². The van der Waals surface area contributed by atoms with Gasteiger partial charge < -0.3 is 10.2 Å². The minimum absolute atomic E-state index is 0.0249. The van der Waals surface area contributed by atoms with Crippen molar-refractivity contribution in [2.75, 3.05) is 19.0 Å². The molecule has 0 aliphatic heterocycles. The molecular weight excluding hydrogens is 334 g/mol. The molecule has 0 fully saturated rings. The number of amides is 1. The highest BCUT2D eigenvalue weighted by Crippen LogP contribution is 2.19. The predicted molar refractivity (Wildman–Crippen MR) is 99.5 cm³/mol. The van der Waals surface area contributed by atoms with Gasteiger partial charge in [0.25, 0.3) is 0 Å². The van der Waals surface area contributed by atoms with Crippen LogP contribution in [0.4, 0.5) is 5.69 Å². The van der Waals surface area contributed by atoms with Crippen LogP contribution in [0.15, 0.2) is 48.1 Å². The molecule has 0 unspecified atom stereocenters. The Balaban J connectivity index is 1.53. The fraction of sp³-hybridized carbons (Fsp3) is 0.222. The molecule has 6 nitrogen and oxygen atoms in total. The first-order chi connectivity index (χ1) is 12.1. The standard InChI is InChI=1S/C18H19N5OS/c1-23(2)15-6-4-13(5-7-15)10-16(24)21-11-14-12-25-18(22-14)17-19-8-3-9-20-17/h3-9,12H,10-11H2,1-2H3,(H,21,24). The quantitative estimate of drug-likeness (QED) is 0.737. The number of benzene rings is 1. The van der Waals surface area contributed by atoms with Crippen LogP contribution in [-0.4, -0.2) is 35.0 Å². The first-order valence-electron chi connectivity index (χ1n) is 7.86. The lowest BCUT2D eigenvalue weighted by Gasteiger charge is -2.12. The summed E-state index contributed by atoms with van der Waals surface area (Å²) < 4.78 is 0. The molecule has 0 radical (unpaired) electrons. The van der Waals surface area contributed by atoms with Crippen molar-refractivity contribution in [3.8, 4) is 10.8 Å². The molecule has 0 spiro atoms. The van der Waals surface area contributed by atoms with E-state index in [1.165, 1.54) is 11.3 Å². The lowest BCUT2D eigenvalue weighted by Crippen LogP contribution is -2.24. The van der Waals surface area contributed by atoms with Gasteiger partial charge in [-0.1, -0.05) is 12.1 Å². The number of nitrogens with zero attached hydrogens (tertiary/aromatic N) is 4. The molecule has 25 heavy (non-hydrogen) atoms. The van der Waals surface area contributed by atoms with Gasteiger partial charge in [0.2, 0.25) is 5.91 Å². The largest absolute Gasteiger partial charge is 0.378 e. The summed E-state index contributed by atoms with van der Waals surface area (Å²) in [6, 6.07) is 9.74. The summed E-state index contributed by atoms with van der Waals surface area (Å²) in [4.78, 5) is 27.0. The van der Waals surface area contributed by atoms with Crippen molar-refractivity contribution in [2.24, 2.45) is 0 Å². The smallest absolute Gasteiger partial charge is 0.224 e. The fourth-order valence-electron chi connectivity index (χ4n) is 2.25. The molecule has 1 amide bonds. The number of carbonyl (C=O) groups excluding carboxylic acids is 1. The van der Waals surface area contributed by atoms with Gasteiger partial charge in [-0.05, 0) is 23.8 Å². The van der Waals surface area contributed by atoms with Crippen LogP contribution >= 0.6 is 11.3 Å². The van der Waals surface area contributed by atoms with Crippen molar-refractivity contribution >= 4 is 22.9 Å². The van der Waals surface area contributed by atoms with Crippen LogP contribution in [0.1, 0.15) is 11.3 Å². The Morgan fingerprint density at radius 1 is 1.16 bits per heavy atom. The average molecular weight is 353 g/mol. The zero-order valence-corrected chi connectivity index (χ0v) is 15.0. The molecule has 0 atom stereocenters. The van der Waals surface area contributed by atoms with Gasteiger partial charge in [-0.3, -0.25) is 4.79 Å². The van der Waals surface area contributed by atoms with Gasteiger partial charge in [0.1, 0.15) is 0 Å². The number of thiazole rings is 1. The molecule has 2 heterocycles. The van der Waals surface area contributed by atoms with Crippen molar-refractivity contribution in [1.82, 2.24) is 20.3 Å². The molecule has 3 aromatic rings. The summed E-state index contributed by atoms with van der Waals surface area (Å²) in [6.07, 6.45) is 3.73. The Labute approximate surface area is 150 Å². The van der Waals surface area contributed by atoms with Gasteiger partial charge in [-0.15, -0.1) is 11.3 Å². The highest BCUT2D eigenvalue weighted by molar-refractivity contribution is 7.13. The normalized spacial score (nSPS) is 10.5. The summed E-state index contributed by atoms with van der Waals surface area (Å²) in [5.74, 6) is 0.578. The molecule has 0 aliphatic rings. The zero-order chi connectivity index (χ0) is 17.6. The Kier molecular flexibility index (Phi) is 5.35. The van der Waals surface area contributed by atoms with E-state index in [0.29, 0.717) is 18.8 Å². The topological polar surface area (TPSA) is 71.0 Å². The van der Waals surface area contributed by atoms with Crippen molar-refractivity contribution in [2.45, 2.75) is 13.0 Å². The molecule has 0 saturated carbocycles. The summed E-state index contributed by atoms with van der Waals surface area (Å²) in [5.41, 5.74) is 2.91. The molecule has 2 aromatic heterocycles. The molecule has 1 aromatic carbocycles. The van der Waals surface area contributed by atoms with Crippen LogP contribution in [0.3, 0.4) is 0 Å². The van der Waals surface area contributed by atoms with E-state index in [1.54, 1.807) is 18.5 Å². The molecule has 3 rings (SSSR count). The molecule has 0 saturated heterocycles. The van der Waals surface area contributed by atoms with Gasteiger partial charge in [0, 0.05) is 37.6 Å². The van der Waals surface area contributed by atoms with E-state index in [-0.39, 0.29) is 5.91 Å². The zero-order valence-electron chi connectivity index (χ0n) is 14.1. The monoisotopic (exact) mass is 353 g/mol. The summed E-state index contributed by atoms with van der Waals surface area (Å²) in [7, 11) is 3.98. The Morgan fingerprint density at radius 3 is 2.56 bits per heavy atom. The first-order valence-corrected chi connectivity index (χ1v) is 8.74. The van der Waals surface area contributed by atoms with Crippen LogP contribution in [0.25, 0.3) is 10.8 Å². The molecular formula is C18H19N5OS. The van der Waals surface area contributed by atoms with Gasteiger partial charge in [-0.2, -0.15) is 0 Å². The lowest BCUT2D eigenvalue weighted by molar-refractivity contribution is -0.120. The lowest BCUT2D eigenvalue weighted by atomic mass is 10.1. The number of rotatable bonds is 6. The number of aromatic nitrogens is 3. The Morgan fingerprint density at radius 2 is 1.88 bits per heavy atom. The third-order valence-corrected chi connectivity index (χ3v) is 4.48. The minimum Gasteiger partial charge on any atom is -0.378 e. The van der Waals surface area contributed by atoms with Crippen molar-refractivity contribution in [1.29, 1.82) is 0 Å². The second-order valence-corrected chi connectivity index (χ2v) is 6.59. The maximum atomic E-state index is 12.1. The molecule has 7 heteroatoms. The third kappa shape index (κ3) is 4.60. The van der Waals surface area contributed by atoms with Gasteiger partial charge in [0.05, 0.1) is 18.7 Å². The highest BCUT2D eigenvalue weighted by atomic mass is 32.1. The van der Waals surface area contributed by atoms with Crippen molar-refractivity contribution < 1.29 is 4.79 Å². The van der Waals surface area contributed by atoms with E-state index in [1.807, 2.05) is 48.6 Å². The predicted octanol–water partition coefficient (Wildman–Crippen LogP) is 2.53. The first kappa shape index (κ1) is 17.0. The highest BCUT2D eigenvalue weighted by Gasteiger charge is 2.09. The number of hydrogen-bond acceptors (Lipinski definition) is 6. The van der Waals surface area contributed by atoms with E-state index < -0.39 is 0 Å². The Bertz CT molecular complexity index is 830. The molecule has 0 bridgehead atoms.